The summed E-state index contributed by atoms with van der Waals surface area (Å²) in [5.41, 5.74) is 1.27. The van der Waals surface area contributed by atoms with Crippen LogP contribution in [-0.2, 0) is 6.18 Å². The SMILES string of the molecule is OCCOc1ccc(C2CCN(c3ccc4nnc(C(F)(F)F)n4n3)CC2)cc1. The summed E-state index contributed by atoms with van der Waals surface area (Å²) in [6.45, 7) is 1.61. The molecule has 1 saturated heterocycles. The predicted octanol–water partition coefficient (Wildman–Crippen LogP) is 2.90. The van der Waals surface area contributed by atoms with Gasteiger partial charge in [-0.3, -0.25) is 0 Å². The Hall–Kier alpha value is -2.88. The highest BCUT2D eigenvalue weighted by atomic mass is 19.4. The third kappa shape index (κ3) is 4.12. The Morgan fingerprint density at radius 3 is 2.41 bits per heavy atom. The van der Waals surface area contributed by atoms with Gasteiger partial charge < -0.3 is 14.7 Å². The van der Waals surface area contributed by atoms with Gasteiger partial charge in [-0.05, 0) is 48.6 Å². The van der Waals surface area contributed by atoms with Gasteiger partial charge in [0.05, 0.1) is 6.61 Å². The summed E-state index contributed by atoms with van der Waals surface area (Å²) in [4.78, 5) is 1.98. The van der Waals surface area contributed by atoms with Gasteiger partial charge in [-0.25, -0.2) is 0 Å². The van der Waals surface area contributed by atoms with E-state index in [4.69, 9.17) is 9.84 Å². The summed E-state index contributed by atoms with van der Waals surface area (Å²) >= 11 is 0. The van der Waals surface area contributed by atoms with Crippen LogP contribution in [0.4, 0.5) is 19.0 Å². The molecule has 0 saturated carbocycles. The lowest BCUT2D eigenvalue weighted by Gasteiger charge is -2.33. The number of nitrogens with zero attached hydrogens (tertiary/aromatic N) is 5. The molecule has 2 aromatic heterocycles. The Labute approximate surface area is 164 Å². The minimum absolute atomic E-state index is 0.0281. The number of hydrogen-bond donors (Lipinski definition) is 1. The van der Waals surface area contributed by atoms with Crippen molar-refractivity contribution in [3.63, 3.8) is 0 Å². The topological polar surface area (TPSA) is 75.8 Å². The second kappa shape index (κ2) is 7.86. The molecule has 1 N–H and O–H groups in total. The van der Waals surface area contributed by atoms with Gasteiger partial charge in [-0.2, -0.15) is 17.7 Å². The summed E-state index contributed by atoms with van der Waals surface area (Å²) in [7, 11) is 0. The fraction of sp³-hybridized carbons (Fsp3) is 0.421. The summed E-state index contributed by atoms with van der Waals surface area (Å²) < 4.78 is 45.3. The molecule has 0 atom stereocenters. The van der Waals surface area contributed by atoms with Crippen LogP contribution in [0.3, 0.4) is 0 Å². The highest BCUT2D eigenvalue weighted by Crippen LogP contribution is 2.32. The van der Waals surface area contributed by atoms with E-state index >= 15 is 0 Å². The second-order valence-electron chi connectivity index (χ2n) is 6.89. The minimum atomic E-state index is -4.61. The van der Waals surface area contributed by atoms with Crippen LogP contribution in [-0.4, -0.2) is 51.2 Å². The molecule has 3 heterocycles. The van der Waals surface area contributed by atoms with Crippen molar-refractivity contribution >= 4 is 11.5 Å². The molecule has 154 valence electrons. The van der Waals surface area contributed by atoms with Gasteiger partial charge in [-0.1, -0.05) is 12.1 Å². The van der Waals surface area contributed by atoms with Gasteiger partial charge in [0.25, 0.3) is 5.82 Å². The number of fused-ring (bicyclic) bond motifs is 1. The standard InChI is InChI=1S/C19H20F3N5O2/c20-19(21,22)18-24-23-16-5-6-17(25-27(16)18)26-9-7-14(8-10-26)13-1-3-15(4-2-13)29-12-11-28/h1-6,14,28H,7-12H2. The molecule has 0 aliphatic carbocycles. The van der Waals surface area contributed by atoms with Crippen LogP contribution < -0.4 is 9.64 Å². The van der Waals surface area contributed by atoms with Crippen molar-refractivity contribution in [3.8, 4) is 5.75 Å². The van der Waals surface area contributed by atoms with Crippen molar-refractivity contribution in [1.82, 2.24) is 19.8 Å². The third-order valence-corrected chi connectivity index (χ3v) is 5.03. The number of anilines is 1. The number of aromatic nitrogens is 4. The Balaban J connectivity index is 1.44. The van der Waals surface area contributed by atoms with Gasteiger partial charge in [0.1, 0.15) is 18.2 Å². The van der Waals surface area contributed by atoms with E-state index in [0.29, 0.717) is 30.6 Å². The highest BCUT2D eigenvalue weighted by molar-refractivity contribution is 5.46. The Morgan fingerprint density at radius 1 is 1.03 bits per heavy atom. The number of benzene rings is 1. The van der Waals surface area contributed by atoms with Crippen LogP contribution in [0.2, 0.25) is 0 Å². The van der Waals surface area contributed by atoms with Crippen LogP contribution in [0, 0.1) is 0 Å². The van der Waals surface area contributed by atoms with E-state index in [-0.39, 0.29) is 18.9 Å². The largest absolute Gasteiger partial charge is 0.491 e. The number of piperidine rings is 1. The summed E-state index contributed by atoms with van der Waals surface area (Å²) in [6.07, 6.45) is -2.87. The lowest BCUT2D eigenvalue weighted by Crippen LogP contribution is -2.34. The Morgan fingerprint density at radius 2 is 1.76 bits per heavy atom. The van der Waals surface area contributed by atoms with Crippen LogP contribution >= 0.6 is 0 Å². The van der Waals surface area contributed by atoms with Crippen LogP contribution in [0.5, 0.6) is 5.75 Å². The maximum absolute atomic E-state index is 13.1. The van der Waals surface area contributed by atoms with Crippen molar-refractivity contribution in [2.45, 2.75) is 24.9 Å². The molecule has 3 aromatic rings. The van der Waals surface area contributed by atoms with Crippen molar-refractivity contribution in [1.29, 1.82) is 0 Å². The molecule has 29 heavy (non-hydrogen) atoms. The second-order valence-corrected chi connectivity index (χ2v) is 6.89. The molecule has 1 aliphatic heterocycles. The van der Waals surface area contributed by atoms with E-state index in [1.54, 1.807) is 6.07 Å². The van der Waals surface area contributed by atoms with E-state index in [9.17, 15) is 13.2 Å². The number of aliphatic hydroxyl groups excluding tert-OH is 1. The van der Waals surface area contributed by atoms with Crippen LogP contribution in [0.1, 0.15) is 30.1 Å². The van der Waals surface area contributed by atoms with E-state index in [1.165, 1.54) is 11.6 Å². The molecule has 0 spiro atoms. The smallest absolute Gasteiger partial charge is 0.453 e. The van der Waals surface area contributed by atoms with Gasteiger partial charge in [0.15, 0.2) is 5.65 Å². The summed E-state index contributed by atoms with van der Waals surface area (Å²) in [5.74, 6) is 0.441. The fourth-order valence-corrected chi connectivity index (χ4v) is 3.57. The van der Waals surface area contributed by atoms with E-state index < -0.39 is 12.0 Å². The molecule has 0 bridgehead atoms. The zero-order valence-corrected chi connectivity index (χ0v) is 15.5. The zero-order valence-electron chi connectivity index (χ0n) is 15.5. The first-order valence-electron chi connectivity index (χ1n) is 9.34. The molecule has 10 heteroatoms. The predicted molar refractivity (Wildman–Crippen MR) is 99.0 cm³/mol. The maximum atomic E-state index is 13.1. The van der Waals surface area contributed by atoms with E-state index in [1.807, 2.05) is 29.2 Å². The lowest BCUT2D eigenvalue weighted by atomic mass is 9.89. The van der Waals surface area contributed by atoms with Gasteiger partial charge in [0.2, 0.25) is 0 Å². The highest BCUT2D eigenvalue weighted by Gasteiger charge is 2.38. The van der Waals surface area contributed by atoms with Crippen LogP contribution in [0.15, 0.2) is 36.4 Å². The molecule has 0 radical (unpaired) electrons. The minimum Gasteiger partial charge on any atom is -0.491 e. The summed E-state index contributed by atoms with van der Waals surface area (Å²) in [5, 5.41) is 19.7. The molecule has 7 nitrogen and oxygen atoms in total. The number of hydrogen-bond acceptors (Lipinski definition) is 6. The first kappa shape index (κ1) is 19.4. The normalized spacial score (nSPS) is 15.8. The first-order valence-corrected chi connectivity index (χ1v) is 9.34. The fourth-order valence-electron chi connectivity index (χ4n) is 3.57. The lowest BCUT2D eigenvalue weighted by molar-refractivity contribution is -0.146. The van der Waals surface area contributed by atoms with Crippen molar-refractivity contribution in [3.05, 3.63) is 47.8 Å². The molecule has 1 aromatic carbocycles. The monoisotopic (exact) mass is 407 g/mol. The van der Waals surface area contributed by atoms with Crippen molar-refractivity contribution < 1.29 is 23.0 Å². The molecular weight excluding hydrogens is 387 g/mol. The number of ether oxygens (including phenoxy) is 1. The molecule has 4 rings (SSSR count). The molecule has 0 unspecified atom stereocenters. The van der Waals surface area contributed by atoms with Gasteiger partial charge in [-0.15, -0.1) is 15.3 Å². The molecule has 0 amide bonds. The molecule has 1 fully saturated rings. The summed E-state index contributed by atoms with van der Waals surface area (Å²) in [6, 6.07) is 11.0. The van der Waals surface area contributed by atoms with Gasteiger partial charge >= 0.3 is 6.18 Å². The Bertz CT molecular complexity index is 966. The van der Waals surface area contributed by atoms with E-state index in [0.717, 1.165) is 17.4 Å². The third-order valence-electron chi connectivity index (χ3n) is 5.03. The van der Waals surface area contributed by atoms with Gasteiger partial charge in [0, 0.05) is 13.1 Å². The molecular formula is C19H20F3N5O2. The zero-order chi connectivity index (χ0) is 20.4. The maximum Gasteiger partial charge on any atom is 0.453 e. The first-order chi connectivity index (χ1) is 14.0. The quantitative estimate of drug-likeness (QED) is 0.701. The van der Waals surface area contributed by atoms with Crippen LogP contribution in [0.25, 0.3) is 5.65 Å². The number of alkyl halides is 3. The van der Waals surface area contributed by atoms with E-state index in [2.05, 4.69) is 15.3 Å². The van der Waals surface area contributed by atoms with Crippen molar-refractivity contribution in [2.75, 3.05) is 31.2 Å². The average molecular weight is 407 g/mol. The van der Waals surface area contributed by atoms with Crippen molar-refractivity contribution in [2.24, 2.45) is 0 Å². The number of rotatable bonds is 5. The number of aliphatic hydroxyl groups is 1. The number of halogens is 3. The Kier molecular flexibility index (Phi) is 5.27. The molecule has 1 aliphatic rings. The average Bonchev–Trinajstić information content (AvgIpc) is 3.16.